The number of hydrogen-bond donors (Lipinski definition) is 2. The quantitative estimate of drug-likeness (QED) is 0.384. The van der Waals surface area contributed by atoms with Crippen molar-refractivity contribution in [3.05, 3.63) is 59.7 Å². The third-order valence-electron chi connectivity index (χ3n) is 3.70. The van der Waals surface area contributed by atoms with Gasteiger partial charge in [0.2, 0.25) is 0 Å². The van der Waals surface area contributed by atoms with Crippen LogP contribution in [0.4, 0.5) is 0 Å². The Kier molecular flexibility index (Phi) is 4.76. The van der Waals surface area contributed by atoms with Gasteiger partial charge < -0.3 is 12.4 Å². The van der Waals surface area contributed by atoms with E-state index in [0.717, 1.165) is 5.75 Å². The summed E-state index contributed by atoms with van der Waals surface area (Å²) in [4.78, 5) is 0. The van der Waals surface area contributed by atoms with Gasteiger partial charge in [-0.05, 0) is 51.4 Å². The zero-order valence-corrected chi connectivity index (χ0v) is 13.3. The maximum Gasteiger partial charge on any atom is 0.300 e. The molecule has 0 saturated carbocycles. The number of rotatable bonds is 2. The zero-order valence-electron chi connectivity index (χ0n) is 11.8. The van der Waals surface area contributed by atoms with Gasteiger partial charge in [-0.15, -0.1) is 0 Å². The van der Waals surface area contributed by atoms with E-state index in [4.69, 9.17) is 11.1 Å². The Morgan fingerprint density at radius 3 is 1.81 bits per heavy atom. The highest BCUT2D eigenvalue weighted by Gasteiger charge is 2.11. The molecular formula is C17H17ClN2S. The molecule has 0 unspecified atom stereocenters. The first-order chi connectivity index (χ1) is 9.68. The third-order valence-corrected chi connectivity index (χ3v) is 4.46. The molecular weight excluding hydrogens is 300 g/mol. The SMILES string of the molecule is Cc1c2ccccc2c(CSC(N)=[NH2+])c2ccccc12.[Cl-]. The fourth-order valence-corrected chi connectivity index (χ4v) is 3.37. The molecule has 0 spiro atoms. The summed E-state index contributed by atoms with van der Waals surface area (Å²) in [6.07, 6.45) is 0. The molecule has 0 radical (unpaired) electrons. The normalized spacial score (nSPS) is 10.5. The fraction of sp³-hybridized carbons (Fsp3) is 0.118. The molecule has 0 saturated heterocycles. The van der Waals surface area contributed by atoms with Gasteiger partial charge in [0.25, 0.3) is 5.17 Å². The van der Waals surface area contributed by atoms with E-state index < -0.39 is 0 Å². The van der Waals surface area contributed by atoms with Crippen LogP contribution in [-0.4, -0.2) is 5.17 Å². The summed E-state index contributed by atoms with van der Waals surface area (Å²) in [7, 11) is 0. The maximum atomic E-state index is 5.62. The molecule has 0 aliphatic carbocycles. The maximum absolute atomic E-state index is 5.62. The van der Waals surface area contributed by atoms with Gasteiger partial charge in [0.15, 0.2) is 0 Å². The minimum atomic E-state index is 0. The summed E-state index contributed by atoms with van der Waals surface area (Å²) in [5, 5.41) is 11.2. The lowest BCUT2D eigenvalue weighted by atomic mass is 9.93. The highest BCUT2D eigenvalue weighted by Crippen LogP contribution is 2.34. The molecule has 3 rings (SSSR count). The van der Waals surface area contributed by atoms with E-state index >= 15 is 0 Å². The van der Waals surface area contributed by atoms with Gasteiger partial charge in [-0.3, -0.25) is 11.1 Å². The number of thioether (sulfide) groups is 1. The molecule has 0 aliphatic heterocycles. The summed E-state index contributed by atoms with van der Waals surface area (Å²) in [5.41, 5.74) is 8.25. The van der Waals surface area contributed by atoms with Gasteiger partial charge >= 0.3 is 0 Å². The Hall–Kier alpha value is -1.71. The number of hydrogen-bond acceptors (Lipinski definition) is 1. The highest BCUT2D eigenvalue weighted by atomic mass is 35.5. The molecule has 3 aromatic carbocycles. The van der Waals surface area contributed by atoms with Crippen molar-refractivity contribution in [3.8, 4) is 0 Å². The summed E-state index contributed by atoms with van der Waals surface area (Å²) < 4.78 is 0. The summed E-state index contributed by atoms with van der Waals surface area (Å²) >= 11 is 1.49. The van der Waals surface area contributed by atoms with Crippen molar-refractivity contribution in [2.45, 2.75) is 12.7 Å². The number of halogens is 1. The Bertz CT molecular complexity index is 757. The molecule has 21 heavy (non-hydrogen) atoms. The largest absolute Gasteiger partial charge is 1.00 e. The van der Waals surface area contributed by atoms with Crippen molar-refractivity contribution in [1.82, 2.24) is 0 Å². The molecule has 0 fully saturated rings. The molecule has 0 atom stereocenters. The van der Waals surface area contributed by atoms with Crippen LogP contribution in [0.2, 0.25) is 0 Å². The molecule has 0 aliphatic rings. The van der Waals surface area contributed by atoms with Gasteiger partial charge in [-0.25, -0.2) is 0 Å². The minimum Gasteiger partial charge on any atom is -1.00 e. The van der Waals surface area contributed by atoms with Crippen molar-refractivity contribution in [1.29, 1.82) is 0 Å². The Balaban J connectivity index is 0.00000161. The number of amidine groups is 1. The van der Waals surface area contributed by atoms with Gasteiger partial charge in [0, 0.05) is 5.75 Å². The van der Waals surface area contributed by atoms with Crippen LogP contribution in [0.3, 0.4) is 0 Å². The molecule has 108 valence electrons. The standard InChI is InChI=1S/C17H16N2S.ClH/c1-11-12-6-2-4-8-14(12)16(10-20-17(18)19)15-9-5-3-7-13(11)15;/h2-9H,10H2,1H3,(H3,18,19);1H. The third kappa shape index (κ3) is 2.85. The summed E-state index contributed by atoms with van der Waals surface area (Å²) in [6.45, 7) is 2.19. The number of benzene rings is 3. The molecule has 0 amide bonds. The van der Waals surface area contributed by atoms with Crippen LogP contribution in [0.25, 0.3) is 21.5 Å². The molecule has 0 aromatic heterocycles. The predicted molar refractivity (Wildman–Crippen MR) is 88.6 cm³/mol. The Labute approximate surface area is 134 Å². The molecule has 0 heterocycles. The lowest BCUT2D eigenvalue weighted by molar-refractivity contribution is -0.110. The van der Waals surface area contributed by atoms with Gasteiger partial charge in [0.05, 0.1) is 0 Å². The number of aryl methyl sites for hydroxylation is 1. The van der Waals surface area contributed by atoms with Crippen molar-refractivity contribution in [2.24, 2.45) is 5.73 Å². The van der Waals surface area contributed by atoms with Crippen molar-refractivity contribution in [2.75, 3.05) is 0 Å². The smallest absolute Gasteiger partial charge is 0.300 e. The first kappa shape index (κ1) is 15.7. The molecule has 2 nitrogen and oxygen atoms in total. The first-order valence-corrected chi connectivity index (χ1v) is 7.56. The van der Waals surface area contributed by atoms with Crippen LogP contribution in [0.5, 0.6) is 0 Å². The second-order valence-electron chi connectivity index (χ2n) is 4.89. The van der Waals surface area contributed by atoms with Gasteiger partial charge in [0.1, 0.15) is 0 Å². The topological polar surface area (TPSA) is 51.6 Å². The monoisotopic (exact) mass is 316 g/mol. The van der Waals surface area contributed by atoms with Crippen LogP contribution in [0.15, 0.2) is 48.5 Å². The van der Waals surface area contributed by atoms with Crippen LogP contribution in [0, 0.1) is 6.92 Å². The van der Waals surface area contributed by atoms with E-state index in [9.17, 15) is 0 Å². The molecule has 4 heteroatoms. The van der Waals surface area contributed by atoms with E-state index in [0.29, 0.717) is 5.17 Å². The van der Waals surface area contributed by atoms with Crippen molar-refractivity contribution >= 4 is 38.5 Å². The van der Waals surface area contributed by atoms with E-state index in [-0.39, 0.29) is 12.4 Å². The number of nitrogens with two attached hydrogens (primary N) is 2. The molecule has 3 aromatic rings. The summed E-state index contributed by atoms with van der Waals surface area (Å²) in [6, 6.07) is 17.1. The predicted octanol–water partition coefficient (Wildman–Crippen LogP) is -0.388. The molecule has 0 bridgehead atoms. The van der Waals surface area contributed by atoms with E-state index in [2.05, 4.69) is 55.5 Å². The van der Waals surface area contributed by atoms with Crippen LogP contribution < -0.4 is 23.5 Å². The summed E-state index contributed by atoms with van der Waals surface area (Å²) in [5.74, 6) is 0.795. The highest BCUT2D eigenvalue weighted by molar-refractivity contribution is 8.12. The Morgan fingerprint density at radius 2 is 1.38 bits per heavy atom. The van der Waals surface area contributed by atoms with Gasteiger partial charge in [-0.1, -0.05) is 48.5 Å². The first-order valence-electron chi connectivity index (χ1n) is 6.58. The lowest BCUT2D eigenvalue weighted by Gasteiger charge is -2.13. The van der Waals surface area contributed by atoms with Gasteiger partial charge in [-0.2, -0.15) is 0 Å². The van der Waals surface area contributed by atoms with E-state index in [1.807, 2.05) is 0 Å². The number of fused-ring (bicyclic) bond motifs is 2. The molecule has 4 N–H and O–H groups in total. The van der Waals surface area contributed by atoms with Crippen molar-refractivity contribution < 1.29 is 17.8 Å². The second-order valence-corrected chi connectivity index (χ2v) is 5.93. The second kappa shape index (κ2) is 6.37. The fourth-order valence-electron chi connectivity index (χ4n) is 2.75. The Morgan fingerprint density at radius 1 is 0.952 bits per heavy atom. The van der Waals surface area contributed by atoms with Crippen LogP contribution in [-0.2, 0) is 5.75 Å². The van der Waals surface area contributed by atoms with Crippen molar-refractivity contribution in [3.63, 3.8) is 0 Å². The van der Waals surface area contributed by atoms with E-state index in [1.54, 1.807) is 0 Å². The average Bonchev–Trinajstić information content (AvgIpc) is 2.47. The average molecular weight is 317 g/mol. The zero-order chi connectivity index (χ0) is 14.1. The van der Waals surface area contributed by atoms with E-state index in [1.165, 1.54) is 44.4 Å². The minimum absolute atomic E-state index is 0. The lowest BCUT2D eigenvalue weighted by Crippen LogP contribution is -3.00. The van der Waals surface area contributed by atoms with Crippen LogP contribution in [0.1, 0.15) is 11.1 Å². The van der Waals surface area contributed by atoms with Crippen LogP contribution >= 0.6 is 11.8 Å².